The van der Waals surface area contributed by atoms with Gasteiger partial charge in [0.25, 0.3) is 0 Å². The molecule has 2 heterocycles. The number of hydrogen-bond acceptors (Lipinski definition) is 7. The highest BCUT2D eigenvalue weighted by molar-refractivity contribution is 5.89. The Kier molecular flexibility index (Phi) is 5.58. The predicted octanol–water partition coefficient (Wildman–Crippen LogP) is 4.46. The molecular formula is C24H22N2O5. The van der Waals surface area contributed by atoms with Crippen molar-refractivity contribution in [3.63, 3.8) is 0 Å². The summed E-state index contributed by atoms with van der Waals surface area (Å²) in [6, 6.07) is 13.0. The second-order valence-electron chi connectivity index (χ2n) is 6.87. The van der Waals surface area contributed by atoms with Crippen LogP contribution >= 0.6 is 0 Å². The third kappa shape index (κ3) is 3.70. The lowest BCUT2D eigenvalue weighted by Crippen LogP contribution is -2.12. The van der Waals surface area contributed by atoms with Crippen LogP contribution in [0.3, 0.4) is 0 Å². The van der Waals surface area contributed by atoms with Gasteiger partial charge in [-0.2, -0.15) is 0 Å². The summed E-state index contributed by atoms with van der Waals surface area (Å²) in [5, 5.41) is 1.61. The number of fused-ring (bicyclic) bond motifs is 2. The van der Waals surface area contributed by atoms with Gasteiger partial charge in [0.15, 0.2) is 17.6 Å². The zero-order valence-corrected chi connectivity index (χ0v) is 17.7. The summed E-state index contributed by atoms with van der Waals surface area (Å²) in [6.07, 6.45) is 2.68. The molecule has 158 valence electrons. The molecule has 0 aliphatic rings. The molecule has 1 unspecified atom stereocenters. The Bertz CT molecular complexity index is 1270. The van der Waals surface area contributed by atoms with Crippen LogP contribution in [0, 0.1) is 0 Å². The molecule has 0 bridgehead atoms. The van der Waals surface area contributed by atoms with Crippen molar-refractivity contribution in [2.24, 2.45) is 0 Å². The summed E-state index contributed by atoms with van der Waals surface area (Å²) in [6.45, 7) is 1.38. The Morgan fingerprint density at radius 3 is 2.26 bits per heavy atom. The average Bonchev–Trinajstić information content (AvgIpc) is 2.80. The predicted molar refractivity (Wildman–Crippen MR) is 117 cm³/mol. The first-order valence-corrected chi connectivity index (χ1v) is 9.66. The molecule has 7 heteroatoms. The van der Waals surface area contributed by atoms with E-state index < -0.39 is 12.1 Å². The fourth-order valence-corrected chi connectivity index (χ4v) is 3.76. The van der Waals surface area contributed by atoms with Crippen LogP contribution < -0.4 is 14.2 Å². The quantitative estimate of drug-likeness (QED) is 0.428. The van der Waals surface area contributed by atoms with E-state index in [1.54, 1.807) is 39.8 Å². The molecule has 0 aliphatic heterocycles. The Balaban J connectivity index is 1.99. The van der Waals surface area contributed by atoms with Crippen LogP contribution in [0.1, 0.15) is 24.2 Å². The minimum absolute atomic E-state index is 0.413. The van der Waals surface area contributed by atoms with Gasteiger partial charge in [-0.25, -0.2) is 0 Å². The van der Waals surface area contributed by atoms with Gasteiger partial charge in [0, 0.05) is 47.3 Å². The molecule has 2 aromatic carbocycles. The molecule has 4 aromatic rings. The number of aromatic nitrogens is 2. The monoisotopic (exact) mass is 418 g/mol. The van der Waals surface area contributed by atoms with E-state index in [4.69, 9.17) is 18.9 Å². The van der Waals surface area contributed by atoms with Gasteiger partial charge in [0.2, 0.25) is 0 Å². The summed E-state index contributed by atoms with van der Waals surface area (Å²) < 4.78 is 22.4. The zero-order valence-electron chi connectivity index (χ0n) is 17.7. The lowest BCUT2D eigenvalue weighted by Gasteiger charge is -2.23. The van der Waals surface area contributed by atoms with Crippen molar-refractivity contribution in [3.05, 3.63) is 66.0 Å². The highest BCUT2D eigenvalue weighted by Gasteiger charge is 2.26. The summed E-state index contributed by atoms with van der Waals surface area (Å²) >= 11 is 0. The van der Waals surface area contributed by atoms with Gasteiger partial charge in [0.1, 0.15) is 5.75 Å². The molecule has 7 nitrogen and oxygen atoms in total. The Morgan fingerprint density at radius 1 is 0.806 bits per heavy atom. The maximum absolute atomic E-state index is 12.1. The van der Waals surface area contributed by atoms with Gasteiger partial charge in [-0.05, 0) is 36.4 Å². The standard InChI is InChI=1S/C24H22N2O5/c1-14(27)31-24(17-7-8-19-16(23(17)30-4)6-5-10-25-19)15-9-11-26-20-13-22(29-3)21(28-2)12-18(15)20/h5-13,24H,1-4H3. The second-order valence-corrected chi connectivity index (χ2v) is 6.87. The van der Waals surface area contributed by atoms with Crippen LogP contribution in [0.25, 0.3) is 21.8 Å². The van der Waals surface area contributed by atoms with Crippen molar-refractivity contribution in [2.75, 3.05) is 21.3 Å². The van der Waals surface area contributed by atoms with Crippen LogP contribution in [0.5, 0.6) is 17.2 Å². The number of pyridine rings is 2. The molecule has 0 spiro atoms. The van der Waals surface area contributed by atoms with E-state index in [2.05, 4.69) is 9.97 Å². The molecular weight excluding hydrogens is 396 g/mol. The Labute approximate surface area is 179 Å². The van der Waals surface area contributed by atoms with Crippen molar-refractivity contribution < 1.29 is 23.7 Å². The number of nitrogens with zero attached hydrogens (tertiary/aromatic N) is 2. The van der Waals surface area contributed by atoms with E-state index in [0.717, 1.165) is 21.9 Å². The lowest BCUT2D eigenvalue weighted by atomic mass is 9.95. The second kappa shape index (κ2) is 8.47. The van der Waals surface area contributed by atoms with Crippen LogP contribution in [0.2, 0.25) is 0 Å². The van der Waals surface area contributed by atoms with Gasteiger partial charge >= 0.3 is 5.97 Å². The van der Waals surface area contributed by atoms with Crippen LogP contribution in [-0.4, -0.2) is 37.3 Å². The lowest BCUT2D eigenvalue weighted by molar-refractivity contribution is -0.144. The summed E-state index contributed by atoms with van der Waals surface area (Å²) in [7, 11) is 4.74. The molecule has 0 radical (unpaired) electrons. The van der Waals surface area contributed by atoms with Gasteiger partial charge in [-0.1, -0.05) is 0 Å². The van der Waals surface area contributed by atoms with E-state index in [1.165, 1.54) is 6.92 Å². The number of esters is 1. The number of carbonyl (C=O) groups is 1. The summed E-state index contributed by atoms with van der Waals surface area (Å²) in [5.41, 5.74) is 2.94. The maximum atomic E-state index is 12.1. The molecule has 2 aromatic heterocycles. The number of rotatable bonds is 6. The first-order chi connectivity index (χ1) is 15.1. The van der Waals surface area contributed by atoms with Gasteiger partial charge in [0.05, 0.1) is 32.4 Å². The van der Waals surface area contributed by atoms with Crippen LogP contribution in [0.4, 0.5) is 0 Å². The number of ether oxygens (including phenoxy) is 4. The topological polar surface area (TPSA) is 79.8 Å². The highest BCUT2D eigenvalue weighted by atomic mass is 16.5. The van der Waals surface area contributed by atoms with Crippen molar-refractivity contribution in [1.29, 1.82) is 0 Å². The van der Waals surface area contributed by atoms with Gasteiger partial charge in [-0.15, -0.1) is 0 Å². The number of hydrogen-bond donors (Lipinski definition) is 0. The molecule has 0 aliphatic carbocycles. The van der Waals surface area contributed by atoms with Crippen molar-refractivity contribution in [3.8, 4) is 17.2 Å². The normalized spacial score (nSPS) is 11.9. The van der Waals surface area contributed by atoms with E-state index in [1.807, 2.05) is 36.4 Å². The fraction of sp³-hybridized carbons (Fsp3) is 0.208. The molecule has 0 fully saturated rings. The highest BCUT2D eigenvalue weighted by Crippen LogP contribution is 2.41. The fourth-order valence-electron chi connectivity index (χ4n) is 3.76. The van der Waals surface area contributed by atoms with Crippen LogP contribution in [-0.2, 0) is 9.53 Å². The molecule has 1 atom stereocenters. The van der Waals surface area contributed by atoms with E-state index in [-0.39, 0.29) is 0 Å². The van der Waals surface area contributed by atoms with Crippen molar-refractivity contribution in [2.45, 2.75) is 13.0 Å². The Morgan fingerprint density at radius 2 is 1.55 bits per heavy atom. The summed E-state index contributed by atoms with van der Waals surface area (Å²) in [4.78, 5) is 20.9. The smallest absolute Gasteiger partial charge is 0.303 e. The molecule has 31 heavy (non-hydrogen) atoms. The van der Waals surface area contributed by atoms with Crippen molar-refractivity contribution in [1.82, 2.24) is 9.97 Å². The summed E-state index contributed by atoms with van der Waals surface area (Å²) in [5.74, 6) is 1.31. The first-order valence-electron chi connectivity index (χ1n) is 9.66. The van der Waals surface area contributed by atoms with Gasteiger partial charge in [-0.3, -0.25) is 14.8 Å². The third-order valence-corrected chi connectivity index (χ3v) is 5.10. The third-order valence-electron chi connectivity index (χ3n) is 5.10. The molecule has 0 saturated heterocycles. The van der Waals surface area contributed by atoms with E-state index in [9.17, 15) is 4.79 Å². The van der Waals surface area contributed by atoms with E-state index >= 15 is 0 Å². The largest absolute Gasteiger partial charge is 0.496 e. The SMILES string of the molecule is COc1cc2nccc(C(OC(C)=O)c3ccc4ncccc4c3OC)c2cc1OC. The van der Waals surface area contributed by atoms with Crippen LogP contribution in [0.15, 0.2) is 54.9 Å². The average molecular weight is 418 g/mol. The van der Waals surface area contributed by atoms with E-state index in [0.29, 0.717) is 28.3 Å². The number of methoxy groups -OCH3 is 3. The van der Waals surface area contributed by atoms with Crippen molar-refractivity contribution >= 4 is 27.8 Å². The number of carbonyl (C=O) groups excluding carboxylic acids is 1. The molecule has 0 saturated carbocycles. The molecule has 4 rings (SSSR count). The molecule has 0 amide bonds. The zero-order chi connectivity index (χ0) is 22.0. The first kappa shape index (κ1) is 20.4. The minimum Gasteiger partial charge on any atom is -0.496 e. The number of benzene rings is 2. The molecule has 0 N–H and O–H groups in total. The Hall–Kier alpha value is -3.87. The van der Waals surface area contributed by atoms with Gasteiger partial charge < -0.3 is 18.9 Å². The maximum Gasteiger partial charge on any atom is 0.303 e. The minimum atomic E-state index is -0.722.